The minimum atomic E-state index is 0.441. The van der Waals surface area contributed by atoms with E-state index >= 15 is 0 Å². The Balaban J connectivity index is 2.01. The summed E-state index contributed by atoms with van der Waals surface area (Å²) in [5.74, 6) is 1.06. The quantitative estimate of drug-likeness (QED) is 0.669. The maximum Gasteiger partial charge on any atom is 0.299 e. The largest absolute Gasteiger partial charge is 0.428 e. The molecule has 0 radical (unpaired) electrons. The molecule has 1 heterocycles. The fraction of sp³-hybridized carbons (Fsp3) is 0.385. The summed E-state index contributed by atoms with van der Waals surface area (Å²) in [4.78, 5) is 0. The molecule has 114 valence electrons. The maximum absolute atomic E-state index is 6.11. The van der Waals surface area contributed by atoms with Crippen molar-refractivity contribution in [2.75, 3.05) is 6.54 Å². The molecule has 4 nitrogen and oxygen atoms in total. The van der Waals surface area contributed by atoms with Gasteiger partial charge >= 0.3 is 0 Å². The highest BCUT2D eigenvalue weighted by molar-refractivity contribution is 9.10. The maximum atomic E-state index is 6.11. The van der Waals surface area contributed by atoms with Gasteiger partial charge in [-0.25, -0.2) is 0 Å². The van der Waals surface area contributed by atoms with Crippen LogP contribution in [0.15, 0.2) is 16.6 Å². The van der Waals surface area contributed by atoms with Crippen LogP contribution in [0.1, 0.15) is 18.9 Å². The second-order valence-corrected chi connectivity index (χ2v) is 7.48. The SMILES string of the molecule is CC(C)CNCc1nnc(Oc2cc(Cl)c(Br)cc2Cl)s1. The third kappa shape index (κ3) is 5.07. The van der Waals surface area contributed by atoms with Crippen LogP contribution in [0.5, 0.6) is 10.9 Å². The fourth-order valence-corrected chi connectivity index (χ4v) is 3.00. The van der Waals surface area contributed by atoms with E-state index in [1.54, 1.807) is 12.1 Å². The standard InChI is InChI=1S/C13H14BrCl2N3OS/c1-7(2)5-17-6-12-18-19-13(21-12)20-11-4-9(15)8(14)3-10(11)16/h3-4,7,17H,5-6H2,1-2H3. The minimum Gasteiger partial charge on any atom is -0.428 e. The summed E-state index contributed by atoms with van der Waals surface area (Å²) in [5, 5.41) is 13.7. The minimum absolute atomic E-state index is 0.441. The molecule has 1 aromatic heterocycles. The topological polar surface area (TPSA) is 47.0 Å². The summed E-state index contributed by atoms with van der Waals surface area (Å²) in [5.41, 5.74) is 0. The van der Waals surface area contributed by atoms with E-state index in [-0.39, 0.29) is 0 Å². The van der Waals surface area contributed by atoms with Gasteiger partial charge in [-0.05, 0) is 34.5 Å². The third-order valence-electron chi connectivity index (χ3n) is 2.45. The normalized spacial score (nSPS) is 11.1. The highest BCUT2D eigenvalue weighted by Crippen LogP contribution is 2.37. The molecule has 0 aliphatic heterocycles. The van der Waals surface area contributed by atoms with Crippen LogP contribution >= 0.6 is 50.5 Å². The smallest absolute Gasteiger partial charge is 0.299 e. The second kappa shape index (κ2) is 7.74. The summed E-state index contributed by atoms with van der Waals surface area (Å²) in [6, 6.07) is 3.33. The van der Waals surface area contributed by atoms with Crippen LogP contribution in [0.3, 0.4) is 0 Å². The predicted molar refractivity (Wildman–Crippen MR) is 90.7 cm³/mol. The third-order valence-corrected chi connectivity index (χ3v) is 4.74. The molecule has 0 fully saturated rings. The van der Waals surface area contributed by atoms with Gasteiger partial charge in [0.15, 0.2) is 5.75 Å². The summed E-state index contributed by atoms with van der Waals surface area (Å²) in [7, 11) is 0. The Hall–Kier alpha value is -0.400. The first-order valence-electron chi connectivity index (χ1n) is 6.31. The van der Waals surface area contributed by atoms with Gasteiger partial charge in [0.05, 0.1) is 10.0 Å². The summed E-state index contributed by atoms with van der Waals surface area (Å²) < 4.78 is 6.35. The van der Waals surface area contributed by atoms with E-state index in [1.165, 1.54) is 11.3 Å². The number of nitrogens with one attached hydrogen (secondary N) is 1. The molecule has 0 saturated heterocycles. The number of rotatable bonds is 6. The Kier molecular flexibility index (Phi) is 6.25. The molecule has 0 aliphatic carbocycles. The molecule has 1 N–H and O–H groups in total. The molecular weight excluding hydrogens is 397 g/mol. The Bertz CT molecular complexity index is 621. The van der Waals surface area contributed by atoms with Gasteiger partial charge in [-0.15, -0.1) is 5.10 Å². The van der Waals surface area contributed by atoms with E-state index in [0.29, 0.717) is 33.5 Å². The first-order valence-corrected chi connectivity index (χ1v) is 8.67. The lowest BCUT2D eigenvalue weighted by atomic mass is 10.2. The van der Waals surface area contributed by atoms with Crippen molar-refractivity contribution >= 4 is 50.5 Å². The molecule has 2 aromatic rings. The van der Waals surface area contributed by atoms with Crippen molar-refractivity contribution in [1.29, 1.82) is 0 Å². The van der Waals surface area contributed by atoms with Gasteiger partial charge in [0, 0.05) is 17.1 Å². The van der Waals surface area contributed by atoms with Crippen LogP contribution in [0, 0.1) is 5.92 Å². The van der Waals surface area contributed by atoms with E-state index in [9.17, 15) is 0 Å². The number of halogens is 3. The van der Waals surface area contributed by atoms with E-state index in [4.69, 9.17) is 27.9 Å². The molecule has 0 bridgehead atoms. The molecule has 0 amide bonds. The van der Waals surface area contributed by atoms with E-state index < -0.39 is 0 Å². The number of benzene rings is 1. The zero-order valence-corrected chi connectivity index (χ0v) is 15.4. The fourth-order valence-electron chi connectivity index (χ4n) is 1.50. The van der Waals surface area contributed by atoms with Crippen molar-refractivity contribution in [3.8, 4) is 10.9 Å². The van der Waals surface area contributed by atoms with Gasteiger partial charge < -0.3 is 10.1 Å². The first-order chi connectivity index (χ1) is 9.95. The zero-order chi connectivity index (χ0) is 15.4. The molecule has 0 spiro atoms. The Morgan fingerprint density at radius 3 is 2.76 bits per heavy atom. The Morgan fingerprint density at radius 2 is 2.05 bits per heavy atom. The van der Waals surface area contributed by atoms with Gasteiger partial charge in [-0.2, -0.15) is 0 Å². The van der Waals surface area contributed by atoms with Crippen molar-refractivity contribution in [2.45, 2.75) is 20.4 Å². The van der Waals surface area contributed by atoms with Crippen molar-refractivity contribution in [3.05, 3.63) is 31.7 Å². The van der Waals surface area contributed by atoms with Crippen molar-refractivity contribution < 1.29 is 4.74 Å². The van der Waals surface area contributed by atoms with Crippen LogP contribution in [-0.2, 0) is 6.54 Å². The van der Waals surface area contributed by atoms with Crippen molar-refractivity contribution in [2.24, 2.45) is 5.92 Å². The van der Waals surface area contributed by atoms with E-state index in [1.807, 2.05) is 0 Å². The lowest BCUT2D eigenvalue weighted by Crippen LogP contribution is -2.18. The van der Waals surface area contributed by atoms with Crippen LogP contribution in [0.25, 0.3) is 0 Å². The lowest BCUT2D eigenvalue weighted by Gasteiger charge is -2.05. The van der Waals surface area contributed by atoms with Crippen LogP contribution < -0.4 is 10.1 Å². The molecule has 0 saturated carbocycles. The number of ether oxygens (including phenoxy) is 1. The number of nitrogens with zero attached hydrogens (tertiary/aromatic N) is 2. The molecule has 1 aromatic carbocycles. The highest BCUT2D eigenvalue weighted by atomic mass is 79.9. The number of aromatic nitrogens is 2. The molecule has 8 heteroatoms. The van der Waals surface area contributed by atoms with Gasteiger partial charge in [0.1, 0.15) is 5.01 Å². The van der Waals surface area contributed by atoms with Gasteiger partial charge in [-0.1, -0.05) is 53.5 Å². The predicted octanol–water partition coefficient (Wildman–Crippen LogP) is 5.15. The second-order valence-electron chi connectivity index (χ2n) is 4.79. The molecule has 0 unspecified atom stereocenters. The molecule has 2 rings (SSSR count). The first kappa shape index (κ1) is 17.0. The van der Waals surface area contributed by atoms with Crippen LogP contribution in [-0.4, -0.2) is 16.7 Å². The number of hydrogen-bond donors (Lipinski definition) is 1. The summed E-state index contributed by atoms with van der Waals surface area (Å²) >= 11 is 16.8. The molecular formula is C13H14BrCl2N3OS. The Labute approximate surface area is 145 Å². The van der Waals surface area contributed by atoms with Gasteiger partial charge in [0.2, 0.25) is 0 Å². The zero-order valence-electron chi connectivity index (χ0n) is 11.5. The highest BCUT2D eigenvalue weighted by Gasteiger charge is 2.11. The monoisotopic (exact) mass is 409 g/mol. The van der Waals surface area contributed by atoms with Gasteiger partial charge in [0.25, 0.3) is 5.19 Å². The summed E-state index contributed by atoms with van der Waals surface area (Å²) in [6.45, 7) is 5.92. The van der Waals surface area contributed by atoms with Crippen molar-refractivity contribution in [3.63, 3.8) is 0 Å². The van der Waals surface area contributed by atoms with Crippen molar-refractivity contribution in [1.82, 2.24) is 15.5 Å². The lowest BCUT2D eigenvalue weighted by molar-refractivity contribution is 0.473. The van der Waals surface area contributed by atoms with Gasteiger partial charge in [-0.3, -0.25) is 0 Å². The van der Waals surface area contributed by atoms with Crippen LogP contribution in [0.4, 0.5) is 0 Å². The summed E-state index contributed by atoms with van der Waals surface area (Å²) in [6.07, 6.45) is 0. The van der Waals surface area contributed by atoms with E-state index in [2.05, 4.69) is 45.3 Å². The molecule has 0 atom stereocenters. The average Bonchev–Trinajstić information content (AvgIpc) is 2.83. The molecule has 21 heavy (non-hydrogen) atoms. The van der Waals surface area contributed by atoms with Crippen LogP contribution in [0.2, 0.25) is 10.0 Å². The van der Waals surface area contributed by atoms with E-state index in [0.717, 1.165) is 16.0 Å². The molecule has 0 aliphatic rings. The average molecular weight is 411 g/mol. The Morgan fingerprint density at radius 1 is 1.29 bits per heavy atom. The number of hydrogen-bond acceptors (Lipinski definition) is 5.